The van der Waals surface area contributed by atoms with Gasteiger partial charge in [-0.05, 0) is 18.1 Å². The second kappa shape index (κ2) is 10.8. The number of rotatable bonds is 6. The number of unbranched alkanes of at least 4 members (excludes halogenated alkanes) is 1. The van der Waals surface area contributed by atoms with Gasteiger partial charge in [0.15, 0.2) is 0 Å². The first kappa shape index (κ1) is 19.1. The molecule has 1 rings (SSSR count). The summed E-state index contributed by atoms with van der Waals surface area (Å²) in [5.74, 6) is -0.330. The fraction of sp³-hybridized carbons (Fsp3) is 0.267. The molecule has 0 heterocycles. The molecule has 0 bridgehead atoms. The van der Waals surface area contributed by atoms with Crippen LogP contribution >= 0.6 is 0 Å². The van der Waals surface area contributed by atoms with Crippen molar-refractivity contribution in [3.8, 4) is 0 Å². The molecule has 116 valence electrons. The van der Waals surface area contributed by atoms with E-state index >= 15 is 0 Å². The summed E-state index contributed by atoms with van der Waals surface area (Å²) in [4.78, 5) is 10.3. The predicted molar refractivity (Wildman–Crippen MR) is 83.1 cm³/mol. The number of esters is 1. The monoisotopic (exact) mass is 312 g/mol. The van der Waals surface area contributed by atoms with Crippen LogP contribution in [0.15, 0.2) is 48.4 Å². The van der Waals surface area contributed by atoms with Gasteiger partial charge in [-0.3, -0.25) is 4.55 Å². The number of hydrogen-bond acceptors (Lipinski definition) is 4. The number of carbonyl (C=O) groups excluding carboxylic acids is 1. The van der Waals surface area contributed by atoms with E-state index in [1.165, 1.54) is 12.2 Å². The van der Waals surface area contributed by atoms with Crippen LogP contribution in [0, 0.1) is 0 Å². The third-order valence-electron chi connectivity index (χ3n) is 2.14. The first-order chi connectivity index (χ1) is 9.89. The third-order valence-corrected chi connectivity index (χ3v) is 2.62. The molecule has 1 N–H and O–H groups in total. The van der Waals surface area contributed by atoms with Gasteiger partial charge in [0.1, 0.15) is 0 Å². The summed E-state index contributed by atoms with van der Waals surface area (Å²) in [6.45, 7) is 5.82. The summed E-state index contributed by atoms with van der Waals surface area (Å²) in [5, 5.41) is 0.752. The maximum absolute atomic E-state index is 10.3. The largest absolute Gasteiger partial charge is 0.463 e. The highest BCUT2D eigenvalue weighted by molar-refractivity contribution is 7.88. The van der Waals surface area contributed by atoms with Crippen LogP contribution in [-0.2, 0) is 19.6 Å². The van der Waals surface area contributed by atoms with Crippen molar-refractivity contribution >= 4 is 22.2 Å². The van der Waals surface area contributed by atoms with Gasteiger partial charge in [0.25, 0.3) is 10.1 Å². The van der Waals surface area contributed by atoms with Crippen molar-refractivity contribution in [2.45, 2.75) is 19.8 Å². The SMILES string of the molecule is C=CC(=O)OCCCC.O=S(=O)(O)C=Cc1ccccc1. The van der Waals surface area contributed by atoms with Gasteiger partial charge in [0.2, 0.25) is 0 Å². The van der Waals surface area contributed by atoms with Gasteiger partial charge in [0.05, 0.1) is 12.0 Å². The third kappa shape index (κ3) is 12.8. The second-order valence-electron chi connectivity index (χ2n) is 3.95. The van der Waals surface area contributed by atoms with Crippen LogP contribution < -0.4 is 0 Å². The molecule has 0 spiro atoms. The molecule has 0 aliphatic carbocycles. The quantitative estimate of drug-likeness (QED) is 0.378. The van der Waals surface area contributed by atoms with Crippen molar-refractivity contribution in [3.63, 3.8) is 0 Å². The fourth-order valence-corrected chi connectivity index (χ4v) is 1.43. The maximum atomic E-state index is 10.3. The standard InChI is InChI=1S/C8H8O3S.C7H12O2/c9-12(10,11)7-6-8-4-2-1-3-5-8;1-3-5-6-9-7(8)4-2/h1-7H,(H,9,10,11);4H,2-3,5-6H2,1H3. The lowest BCUT2D eigenvalue weighted by Gasteiger charge is -1.97. The molecule has 5 nitrogen and oxygen atoms in total. The minimum atomic E-state index is -4.00. The van der Waals surface area contributed by atoms with Crippen molar-refractivity contribution < 1.29 is 22.5 Å². The molecule has 21 heavy (non-hydrogen) atoms. The zero-order chi connectivity index (χ0) is 16.1. The fourth-order valence-electron chi connectivity index (χ4n) is 1.10. The van der Waals surface area contributed by atoms with Crippen molar-refractivity contribution in [3.05, 3.63) is 54.0 Å². The maximum Gasteiger partial charge on any atom is 0.330 e. The Bertz CT molecular complexity index is 547. The van der Waals surface area contributed by atoms with Crippen LogP contribution in [0.3, 0.4) is 0 Å². The van der Waals surface area contributed by atoms with Gasteiger partial charge in [0, 0.05) is 6.08 Å². The van der Waals surface area contributed by atoms with E-state index in [2.05, 4.69) is 11.3 Å². The van der Waals surface area contributed by atoms with Crippen LogP contribution in [0.4, 0.5) is 0 Å². The van der Waals surface area contributed by atoms with Crippen molar-refractivity contribution in [1.82, 2.24) is 0 Å². The Morgan fingerprint density at radius 3 is 2.43 bits per heavy atom. The Kier molecular flexibility index (Phi) is 9.83. The normalized spacial score (nSPS) is 10.6. The molecule has 0 saturated heterocycles. The molecule has 1 aromatic carbocycles. The van der Waals surface area contributed by atoms with Crippen molar-refractivity contribution in [1.29, 1.82) is 0 Å². The zero-order valence-corrected chi connectivity index (χ0v) is 12.8. The molecule has 0 atom stereocenters. The summed E-state index contributed by atoms with van der Waals surface area (Å²) in [6.07, 6.45) is 4.48. The Hall–Kier alpha value is -1.92. The van der Waals surface area contributed by atoms with Gasteiger partial charge in [-0.15, -0.1) is 0 Å². The Balaban J connectivity index is 0.000000400. The molecule has 0 fully saturated rings. The van der Waals surface area contributed by atoms with Gasteiger partial charge in [-0.2, -0.15) is 8.42 Å². The van der Waals surface area contributed by atoms with Crippen LogP contribution in [0.2, 0.25) is 0 Å². The molecular weight excluding hydrogens is 292 g/mol. The van der Waals surface area contributed by atoms with E-state index in [0.717, 1.165) is 23.8 Å². The van der Waals surface area contributed by atoms with E-state index in [9.17, 15) is 13.2 Å². The molecule has 0 unspecified atom stereocenters. The van der Waals surface area contributed by atoms with Gasteiger partial charge >= 0.3 is 5.97 Å². The van der Waals surface area contributed by atoms with Crippen LogP contribution in [0.25, 0.3) is 6.08 Å². The highest BCUT2D eigenvalue weighted by atomic mass is 32.2. The topological polar surface area (TPSA) is 80.7 Å². The second-order valence-corrected chi connectivity index (χ2v) is 5.26. The molecular formula is C15H20O5S. The Morgan fingerprint density at radius 2 is 1.95 bits per heavy atom. The van der Waals surface area contributed by atoms with Gasteiger partial charge in [-0.1, -0.05) is 50.3 Å². The lowest BCUT2D eigenvalue weighted by molar-refractivity contribution is -0.137. The lowest BCUT2D eigenvalue weighted by atomic mass is 10.2. The summed E-state index contributed by atoms with van der Waals surface area (Å²) >= 11 is 0. The van der Waals surface area contributed by atoms with E-state index in [1.807, 2.05) is 13.0 Å². The van der Waals surface area contributed by atoms with E-state index in [-0.39, 0.29) is 5.97 Å². The molecule has 0 radical (unpaired) electrons. The van der Waals surface area contributed by atoms with Crippen molar-refractivity contribution in [2.75, 3.05) is 6.61 Å². The number of carbonyl (C=O) groups is 1. The molecule has 0 saturated carbocycles. The smallest absolute Gasteiger partial charge is 0.330 e. The minimum absolute atomic E-state index is 0.330. The minimum Gasteiger partial charge on any atom is -0.463 e. The van der Waals surface area contributed by atoms with Crippen molar-refractivity contribution in [2.24, 2.45) is 0 Å². The molecule has 1 aromatic rings. The average Bonchev–Trinajstić information content (AvgIpc) is 2.46. The van der Waals surface area contributed by atoms with E-state index in [4.69, 9.17) is 4.55 Å². The van der Waals surface area contributed by atoms with Gasteiger partial charge in [-0.25, -0.2) is 4.79 Å². The van der Waals surface area contributed by atoms with Crippen LogP contribution in [0.5, 0.6) is 0 Å². The molecule has 0 amide bonds. The molecule has 0 aliphatic rings. The van der Waals surface area contributed by atoms with Crippen LogP contribution in [-0.4, -0.2) is 25.5 Å². The summed E-state index contributed by atoms with van der Waals surface area (Å²) in [6, 6.07) is 8.86. The summed E-state index contributed by atoms with van der Waals surface area (Å²) < 4.78 is 33.6. The molecule has 6 heteroatoms. The molecule has 0 aliphatic heterocycles. The summed E-state index contributed by atoms with van der Waals surface area (Å²) in [5.41, 5.74) is 0.732. The first-order valence-corrected chi connectivity index (χ1v) is 7.89. The number of benzene rings is 1. The Labute approximate surface area is 125 Å². The Morgan fingerprint density at radius 1 is 1.33 bits per heavy atom. The lowest BCUT2D eigenvalue weighted by Crippen LogP contribution is -2.00. The number of hydrogen-bond donors (Lipinski definition) is 1. The summed E-state index contributed by atoms with van der Waals surface area (Å²) in [7, 11) is -4.00. The van der Waals surface area contributed by atoms with E-state index in [1.54, 1.807) is 24.3 Å². The highest BCUT2D eigenvalue weighted by Crippen LogP contribution is 2.01. The first-order valence-electron chi connectivity index (χ1n) is 6.39. The van der Waals surface area contributed by atoms with Crippen LogP contribution in [0.1, 0.15) is 25.3 Å². The predicted octanol–water partition coefficient (Wildman–Crippen LogP) is 3.06. The number of ether oxygens (including phenoxy) is 1. The van der Waals surface area contributed by atoms with Gasteiger partial charge < -0.3 is 4.74 Å². The van der Waals surface area contributed by atoms with E-state index < -0.39 is 10.1 Å². The molecule has 0 aromatic heterocycles. The average molecular weight is 312 g/mol. The van der Waals surface area contributed by atoms with E-state index in [0.29, 0.717) is 6.61 Å². The zero-order valence-electron chi connectivity index (χ0n) is 11.9. The highest BCUT2D eigenvalue weighted by Gasteiger charge is 1.94.